The molecule has 0 spiro atoms. The molecule has 5 nitrogen and oxygen atoms in total. The Morgan fingerprint density at radius 1 is 1.27 bits per heavy atom. The Balaban J connectivity index is 1.76. The molecule has 0 amide bonds. The molecule has 0 bridgehead atoms. The lowest BCUT2D eigenvalue weighted by atomic mass is 9.92. The molecule has 22 heavy (non-hydrogen) atoms. The van der Waals surface area contributed by atoms with Crippen LogP contribution < -0.4 is 5.32 Å². The Bertz CT molecular complexity index is 660. The van der Waals surface area contributed by atoms with Crippen LogP contribution in [-0.2, 0) is 0 Å². The number of alkyl halides is 2. The van der Waals surface area contributed by atoms with Gasteiger partial charge in [-0.3, -0.25) is 0 Å². The number of nitrogens with zero attached hydrogens (tertiary/aromatic N) is 4. The molecule has 0 aromatic carbocycles. The SMILES string of the molecule is Cc1cc(NC2CCC(F)(F)CC2)nc(-n2cc(F)cn2)n1. The van der Waals surface area contributed by atoms with Crippen LogP contribution in [0.5, 0.6) is 0 Å². The highest BCUT2D eigenvalue weighted by Crippen LogP contribution is 2.34. The topological polar surface area (TPSA) is 55.6 Å². The Morgan fingerprint density at radius 3 is 2.64 bits per heavy atom. The minimum atomic E-state index is -2.56. The Morgan fingerprint density at radius 2 is 2.00 bits per heavy atom. The highest BCUT2D eigenvalue weighted by atomic mass is 19.3. The van der Waals surface area contributed by atoms with Crippen molar-refractivity contribution >= 4 is 5.82 Å². The molecule has 1 saturated carbocycles. The number of hydrogen-bond donors (Lipinski definition) is 1. The number of aryl methyl sites for hydroxylation is 1. The van der Waals surface area contributed by atoms with E-state index in [1.165, 1.54) is 10.9 Å². The second-order valence-electron chi connectivity index (χ2n) is 5.57. The zero-order valence-corrected chi connectivity index (χ0v) is 12.1. The highest BCUT2D eigenvalue weighted by Gasteiger charge is 2.34. The fourth-order valence-electron chi connectivity index (χ4n) is 2.53. The summed E-state index contributed by atoms with van der Waals surface area (Å²) in [5.74, 6) is -2.26. The summed E-state index contributed by atoms with van der Waals surface area (Å²) >= 11 is 0. The van der Waals surface area contributed by atoms with E-state index in [1.54, 1.807) is 13.0 Å². The standard InChI is InChI=1S/C14H16F3N5/c1-9-6-12(20-11-2-4-14(16,17)5-3-11)21-13(19-9)22-8-10(15)7-18-22/h6-8,11H,2-5H2,1H3,(H,19,20,21). The van der Waals surface area contributed by atoms with Gasteiger partial charge in [0, 0.05) is 30.6 Å². The van der Waals surface area contributed by atoms with Crippen molar-refractivity contribution in [2.75, 3.05) is 5.32 Å². The van der Waals surface area contributed by atoms with Crippen LogP contribution in [0.2, 0.25) is 0 Å². The Labute approximate surface area is 125 Å². The van der Waals surface area contributed by atoms with Crippen molar-refractivity contribution in [2.45, 2.75) is 44.6 Å². The van der Waals surface area contributed by atoms with Gasteiger partial charge in [-0.15, -0.1) is 0 Å². The van der Waals surface area contributed by atoms with E-state index < -0.39 is 11.7 Å². The van der Waals surface area contributed by atoms with E-state index in [1.807, 2.05) is 0 Å². The molecule has 2 aromatic rings. The van der Waals surface area contributed by atoms with Crippen molar-refractivity contribution in [3.63, 3.8) is 0 Å². The number of nitrogens with one attached hydrogen (secondary N) is 1. The van der Waals surface area contributed by atoms with Gasteiger partial charge in [-0.05, 0) is 19.8 Å². The van der Waals surface area contributed by atoms with Crippen LogP contribution in [0, 0.1) is 12.7 Å². The molecule has 8 heteroatoms. The maximum atomic E-state index is 13.2. The number of rotatable bonds is 3. The van der Waals surface area contributed by atoms with E-state index in [0.717, 1.165) is 6.20 Å². The zero-order valence-electron chi connectivity index (χ0n) is 12.1. The predicted octanol–water partition coefficient (Wildman–Crippen LogP) is 3.10. The van der Waals surface area contributed by atoms with E-state index >= 15 is 0 Å². The maximum Gasteiger partial charge on any atom is 0.252 e. The van der Waals surface area contributed by atoms with Crippen LogP contribution in [0.3, 0.4) is 0 Å². The summed E-state index contributed by atoms with van der Waals surface area (Å²) < 4.78 is 40.6. The summed E-state index contributed by atoms with van der Waals surface area (Å²) in [5.41, 5.74) is 0.685. The lowest BCUT2D eigenvalue weighted by molar-refractivity contribution is -0.0361. The van der Waals surface area contributed by atoms with Crippen molar-refractivity contribution < 1.29 is 13.2 Å². The van der Waals surface area contributed by atoms with Crippen LogP contribution in [0.4, 0.5) is 19.0 Å². The first-order valence-corrected chi connectivity index (χ1v) is 7.12. The first-order valence-electron chi connectivity index (χ1n) is 7.12. The van der Waals surface area contributed by atoms with Gasteiger partial charge < -0.3 is 5.32 Å². The monoisotopic (exact) mass is 311 g/mol. The molecule has 118 valence electrons. The van der Waals surface area contributed by atoms with E-state index in [0.29, 0.717) is 24.4 Å². The largest absolute Gasteiger partial charge is 0.367 e. The predicted molar refractivity (Wildman–Crippen MR) is 74.7 cm³/mol. The zero-order chi connectivity index (χ0) is 15.7. The van der Waals surface area contributed by atoms with E-state index in [-0.39, 0.29) is 24.8 Å². The third kappa shape index (κ3) is 3.37. The van der Waals surface area contributed by atoms with Gasteiger partial charge in [-0.25, -0.2) is 22.8 Å². The summed E-state index contributed by atoms with van der Waals surface area (Å²) in [4.78, 5) is 8.47. The summed E-state index contributed by atoms with van der Waals surface area (Å²) in [6, 6.07) is 1.69. The fraction of sp³-hybridized carbons (Fsp3) is 0.500. The van der Waals surface area contributed by atoms with Gasteiger partial charge in [0.2, 0.25) is 5.92 Å². The summed E-state index contributed by atoms with van der Waals surface area (Å²) in [7, 11) is 0. The van der Waals surface area contributed by atoms with Crippen LogP contribution in [-0.4, -0.2) is 31.7 Å². The molecule has 1 fully saturated rings. The van der Waals surface area contributed by atoms with Crippen LogP contribution in [0.15, 0.2) is 18.5 Å². The molecule has 3 rings (SSSR count). The second kappa shape index (κ2) is 5.58. The second-order valence-corrected chi connectivity index (χ2v) is 5.57. The molecule has 0 aliphatic heterocycles. The van der Waals surface area contributed by atoms with Gasteiger partial charge in [-0.1, -0.05) is 0 Å². The quantitative estimate of drug-likeness (QED) is 0.946. The molecule has 1 aliphatic rings. The van der Waals surface area contributed by atoms with Crippen molar-refractivity contribution in [3.8, 4) is 5.95 Å². The van der Waals surface area contributed by atoms with Gasteiger partial charge in [0.15, 0.2) is 5.82 Å². The maximum absolute atomic E-state index is 13.2. The van der Waals surface area contributed by atoms with Crippen LogP contribution in [0.25, 0.3) is 5.95 Å². The molecule has 2 aromatic heterocycles. The van der Waals surface area contributed by atoms with Crippen molar-refractivity contribution in [1.29, 1.82) is 0 Å². The van der Waals surface area contributed by atoms with Crippen molar-refractivity contribution in [1.82, 2.24) is 19.7 Å². The van der Waals surface area contributed by atoms with Gasteiger partial charge in [-0.2, -0.15) is 10.1 Å². The average Bonchev–Trinajstić information content (AvgIpc) is 2.87. The van der Waals surface area contributed by atoms with E-state index in [9.17, 15) is 13.2 Å². The smallest absolute Gasteiger partial charge is 0.252 e. The van der Waals surface area contributed by atoms with Gasteiger partial charge >= 0.3 is 0 Å². The average molecular weight is 311 g/mol. The van der Waals surface area contributed by atoms with Crippen molar-refractivity contribution in [2.24, 2.45) is 0 Å². The lowest BCUT2D eigenvalue weighted by Crippen LogP contribution is -2.32. The number of hydrogen-bond acceptors (Lipinski definition) is 4. The highest BCUT2D eigenvalue weighted by molar-refractivity contribution is 5.39. The van der Waals surface area contributed by atoms with Crippen LogP contribution >= 0.6 is 0 Å². The molecule has 0 unspecified atom stereocenters. The van der Waals surface area contributed by atoms with Gasteiger partial charge in [0.25, 0.3) is 5.95 Å². The van der Waals surface area contributed by atoms with Crippen LogP contribution in [0.1, 0.15) is 31.4 Å². The number of anilines is 1. The Kier molecular flexibility index (Phi) is 3.76. The molecule has 2 heterocycles. The lowest BCUT2D eigenvalue weighted by Gasteiger charge is -2.29. The first kappa shape index (κ1) is 14.8. The molecular formula is C14H16F3N5. The first-order chi connectivity index (χ1) is 10.4. The molecule has 1 aliphatic carbocycles. The van der Waals surface area contributed by atoms with Crippen molar-refractivity contribution in [3.05, 3.63) is 30.0 Å². The minimum absolute atomic E-state index is 0.0452. The number of halogens is 3. The molecule has 1 N–H and O–H groups in total. The van der Waals surface area contributed by atoms with Gasteiger partial charge in [0.05, 0.1) is 12.4 Å². The third-order valence-electron chi connectivity index (χ3n) is 3.67. The molecule has 0 atom stereocenters. The normalized spacial score (nSPS) is 18.4. The van der Waals surface area contributed by atoms with E-state index in [2.05, 4.69) is 20.4 Å². The summed E-state index contributed by atoms with van der Waals surface area (Å²) in [6.45, 7) is 1.78. The number of aromatic nitrogens is 4. The molecular weight excluding hydrogens is 295 g/mol. The minimum Gasteiger partial charge on any atom is -0.367 e. The van der Waals surface area contributed by atoms with E-state index in [4.69, 9.17) is 0 Å². The molecule has 0 radical (unpaired) electrons. The fourth-order valence-corrected chi connectivity index (χ4v) is 2.53. The molecule has 0 saturated heterocycles. The summed E-state index contributed by atoms with van der Waals surface area (Å²) in [5, 5.41) is 6.98. The third-order valence-corrected chi connectivity index (χ3v) is 3.67. The summed E-state index contributed by atoms with van der Waals surface area (Å²) in [6.07, 6.45) is 2.79. The van der Waals surface area contributed by atoms with Gasteiger partial charge in [0.1, 0.15) is 5.82 Å². The Hall–Kier alpha value is -2.12.